The van der Waals surface area contributed by atoms with Crippen molar-refractivity contribution in [1.29, 1.82) is 10.7 Å². The number of hydrazone groups is 1. The lowest BCUT2D eigenvalue weighted by atomic mass is 9.92. The number of nitrogens with one attached hydrogen (secondary N) is 3. The summed E-state index contributed by atoms with van der Waals surface area (Å²) in [6.45, 7) is 0. The smallest absolute Gasteiger partial charge is 0.419 e. The molecule has 0 radical (unpaired) electrons. The lowest BCUT2D eigenvalue weighted by Crippen LogP contribution is -2.43. The molecule has 1 aliphatic carbocycles. The number of nitrogens with zero attached hydrogens (tertiary/aromatic N) is 3. The van der Waals surface area contributed by atoms with Crippen molar-refractivity contribution in [2.75, 3.05) is 7.05 Å². The quantitative estimate of drug-likeness (QED) is 0.501. The topological polar surface area (TPSA) is 123 Å². The van der Waals surface area contributed by atoms with Crippen LogP contribution in [0.15, 0.2) is 17.4 Å². The van der Waals surface area contributed by atoms with Gasteiger partial charge < -0.3 is 20.9 Å². The average molecular weight is 396 g/mol. The third kappa shape index (κ3) is 5.42. The van der Waals surface area contributed by atoms with Gasteiger partial charge in [0.05, 0.1) is 24.1 Å². The van der Waals surface area contributed by atoms with E-state index in [0.717, 1.165) is 18.5 Å². The van der Waals surface area contributed by atoms with Crippen LogP contribution in [-0.2, 0) is 11.0 Å². The van der Waals surface area contributed by atoms with E-state index in [1.54, 1.807) is 0 Å². The number of alkyl halides is 3. The van der Waals surface area contributed by atoms with Crippen LogP contribution in [-0.4, -0.2) is 42.0 Å². The molecule has 8 nitrogen and oxygen atoms in total. The fourth-order valence-corrected chi connectivity index (χ4v) is 2.86. The molecule has 0 aliphatic heterocycles. The maximum Gasteiger partial charge on any atom is 0.419 e. The third-order valence-corrected chi connectivity index (χ3v) is 4.19. The molecule has 0 bridgehead atoms. The van der Waals surface area contributed by atoms with Crippen LogP contribution in [0.5, 0.6) is 5.75 Å². The van der Waals surface area contributed by atoms with Gasteiger partial charge in [0, 0.05) is 13.1 Å². The largest absolute Gasteiger partial charge is 0.489 e. The van der Waals surface area contributed by atoms with E-state index in [9.17, 15) is 18.0 Å². The fourth-order valence-electron chi connectivity index (χ4n) is 2.86. The first kappa shape index (κ1) is 21.1. The van der Waals surface area contributed by atoms with Crippen LogP contribution in [0, 0.1) is 16.7 Å². The van der Waals surface area contributed by atoms with E-state index in [4.69, 9.17) is 15.4 Å². The number of ether oxygens (including phenoxy) is 1. The van der Waals surface area contributed by atoms with Gasteiger partial charge in [0.25, 0.3) is 5.91 Å². The summed E-state index contributed by atoms with van der Waals surface area (Å²) in [5.74, 6) is -0.522. The number of carbonyl (C=O) groups is 1. The fraction of sp³-hybridized carbons (Fsp3) is 0.471. The number of pyridine rings is 1. The Bertz CT molecular complexity index is 795. The monoisotopic (exact) mass is 396 g/mol. The van der Waals surface area contributed by atoms with Crippen molar-refractivity contribution < 1.29 is 22.7 Å². The summed E-state index contributed by atoms with van der Waals surface area (Å²) < 4.78 is 44.6. The Morgan fingerprint density at radius 3 is 2.64 bits per heavy atom. The molecule has 0 spiro atoms. The zero-order valence-corrected chi connectivity index (χ0v) is 15.0. The molecule has 3 N–H and O–H groups in total. The minimum atomic E-state index is -4.69. The standard InChI is InChI=1S/C17H19F3N6O2/c1-23-26-15(8-22)16(27)25-10-2-4-11(5-3-10)28-12-6-13(17(18,19)20)14(7-21)24-9-12/h6,8-11,22-23H,2-5H2,1H3,(H,25,27)/b22-8?,26-15+/t10-,11-. The number of nitriles is 1. The van der Waals surface area contributed by atoms with Crippen LogP contribution >= 0.6 is 0 Å². The summed E-state index contributed by atoms with van der Waals surface area (Å²) in [6, 6.07) is 2.06. The van der Waals surface area contributed by atoms with E-state index in [0.29, 0.717) is 25.7 Å². The molecule has 0 aromatic carbocycles. The average Bonchev–Trinajstić information content (AvgIpc) is 2.66. The van der Waals surface area contributed by atoms with Crippen LogP contribution in [0.4, 0.5) is 13.2 Å². The van der Waals surface area contributed by atoms with E-state index in [1.807, 2.05) is 0 Å². The molecule has 150 valence electrons. The number of rotatable bonds is 6. The van der Waals surface area contributed by atoms with Crippen molar-refractivity contribution in [3.8, 4) is 11.8 Å². The molecule has 0 unspecified atom stereocenters. The van der Waals surface area contributed by atoms with Crippen LogP contribution < -0.4 is 15.5 Å². The summed E-state index contributed by atoms with van der Waals surface area (Å²) in [5, 5.41) is 22.4. The first-order valence-electron chi connectivity index (χ1n) is 8.48. The number of hydrogen-bond acceptors (Lipinski definition) is 7. The van der Waals surface area contributed by atoms with Crippen LogP contribution in [0.3, 0.4) is 0 Å². The lowest BCUT2D eigenvalue weighted by molar-refractivity contribution is -0.138. The molecule has 0 saturated heterocycles. The van der Waals surface area contributed by atoms with Gasteiger partial charge in [-0.2, -0.15) is 23.5 Å². The van der Waals surface area contributed by atoms with Gasteiger partial charge in [0.1, 0.15) is 11.8 Å². The molecule has 1 saturated carbocycles. The predicted molar refractivity (Wildman–Crippen MR) is 94.0 cm³/mol. The molecule has 1 aliphatic rings. The Labute approximate surface area is 159 Å². The van der Waals surface area contributed by atoms with Crippen LogP contribution in [0.2, 0.25) is 0 Å². The van der Waals surface area contributed by atoms with Gasteiger partial charge in [-0.1, -0.05) is 0 Å². The van der Waals surface area contributed by atoms with Gasteiger partial charge in [-0.05, 0) is 31.7 Å². The molecule has 1 aromatic heterocycles. The Kier molecular flexibility index (Phi) is 6.92. The molecule has 1 aromatic rings. The molecule has 2 rings (SSSR count). The summed E-state index contributed by atoms with van der Waals surface area (Å²) in [5.41, 5.74) is 0.567. The van der Waals surface area contributed by atoms with E-state index in [1.165, 1.54) is 13.1 Å². The number of carbonyl (C=O) groups excluding carboxylic acids is 1. The first-order valence-corrected chi connectivity index (χ1v) is 8.48. The van der Waals surface area contributed by atoms with Gasteiger partial charge in [0.15, 0.2) is 11.4 Å². The molecule has 1 amide bonds. The Hall–Kier alpha value is -3.16. The molecule has 28 heavy (non-hydrogen) atoms. The van der Waals surface area contributed by atoms with Crippen molar-refractivity contribution in [3.63, 3.8) is 0 Å². The highest BCUT2D eigenvalue weighted by molar-refractivity contribution is 6.60. The zero-order chi connectivity index (χ0) is 20.7. The second-order valence-corrected chi connectivity index (χ2v) is 6.11. The van der Waals surface area contributed by atoms with Crippen molar-refractivity contribution in [1.82, 2.24) is 15.7 Å². The van der Waals surface area contributed by atoms with Gasteiger partial charge >= 0.3 is 6.18 Å². The molecule has 1 fully saturated rings. The lowest BCUT2D eigenvalue weighted by Gasteiger charge is -2.29. The van der Waals surface area contributed by atoms with E-state index < -0.39 is 23.3 Å². The van der Waals surface area contributed by atoms with Gasteiger partial charge in [-0.15, -0.1) is 0 Å². The number of aromatic nitrogens is 1. The highest BCUT2D eigenvalue weighted by Gasteiger charge is 2.35. The van der Waals surface area contributed by atoms with Crippen LogP contribution in [0.25, 0.3) is 0 Å². The second-order valence-electron chi connectivity index (χ2n) is 6.11. The maximum absolute atomic E-state index is 13.0. The van der Waals surface area contributed by atoms with E-state index in [2.05, 4.69) is 20.8 Å². The normalized spacial score (nSPS) is 20.0. The maximum atomic E-state index is 13.0. The molecular weight excluding hydrogens is 377 g/mol. The van der Waals surface area contributed by atoms with Crippen LogP contribution in [0.1, 0.15) is 36.9 Å². The second kappa shape index (κ2) is 9.16. The zero-order valence-electron chi connectivity index (χ0n) is 15.0. The highest BCUT2D eigenvalue weighted by Crippen LogP contribution is 2.34. The summed E-state index contributed by atoms with van der Waals surface area (Å²) in [7, 11) is 1.52. The van der Waals surface area contributed by atoms with Gasteiger partial charge in [-0.25, -0.2) is 4.98 Å². The third-order valence-electron chi connectivity index (χ3n) is 4.19. The highest BCUT2D eigenvalue weighted by atomic mass is 19.4. The minimum Gasteiger partial charge on any atom is -0.489 e. The molecule has 1 heterocycles. The van der Waals surface area contributed by atoms with E-state index >= 15 is 0 Å². The van der Waals surface area contributed by atoms with Crippen molar-refractivity contribution in [2.45, 2.75) is 44.0 Å². The summed E-state index contributed by atoms with van der Waals surface area (Å²) >= 11 is 0. The summed E-state index contributed by atoms with van der Waals surface area (Å²) in [6.07, 6.45) is -0.889. The van der Waals surface area contributed by atoms with E-state index in [-0.39, 0.29) is 23.6 Å². The Balaban J connectivity index is 1.94. The van der Waals surface area contributed by atoms with Crippen molar-refractivity contribution in [3.05, 3.63) is 23.5 Å². The summed E-state index contributed by atoms with van der Waals surface area (Å²) in [4.78, 5) is 15.5. The SMILES string of the molecule is CN/N=C(\C=N)C(=O)N[C@H]1CC[C@H](Oc2cnc(C#N)c(C(F)(F)F)c2)CC1. The number of halogens is 3. The Morgan fingerprint density at radius 1 is 1.43 bits per heavy atom. The predicted octanol–water partition coefficient (Wildman–Crippen LogP) is 2.00. The molecule has 11 heteroatoms. The Morgan fingerprint density at radius 2 is 2.11 bits per heavy atom. The molecular formula is C17H19F3N6O2. The number of amides is 1. The van der Waals surface area contributed by atoms with Gasteiger partial charge in [-0.3, -0.25) is 4.79 Å². The van der Waals surface area contributed by atoms with Crippen molar-refractivity contribution in [2.24, 2.45) is 5.10 Å². The molecule has 0 atom stereocenters. The van der Waals surface area contributed by atoms with Gasteiger partial charge in [0.2, 0.25) is 0 Å². The number of hydrogen-bond donors (Lipinski definition) is 3. The van der Waals surface area contributed by atoms with Crippen molar-refractivity contribution >= 4 is 17.8 Å². The minimum absolute atomic E-state index is 0.0499. The first-order chi connectivity index (χ1) is 13.3.